The van der Waals surface area contributed by atoms with E-state index in [4.69, 9.17) is 14.6 Å². The van der Waals surface area contributed by atoms with Crippen LogP contribution in [0.25, 0.3) is 11.1 Å². The lowest BCUT2D eigenvalue weighted by Gasteiger charge is -2.28. The van der Waals surface area contributed by atoms with Gasteiger partial charge in [0.1, 0.15) is 6.04 Å². The number of urea groups is 1. The highest BCUT2D eigenvalue weighted by atomic mass is 19.4. The Labute approximate surface area is 300 Å². The molecule has 3 aromatic rings. The summed E-state index contributed by atoms with van der Waals surface area (Å²) in [4.78, 5) is 50.4. The van der Waals surface area contributed by atoms with E-state index in [0.717, 1.165) is 92.8 Å². The topological polar surface area (TPSA) is 157 Å². The number of hydrogen-bond acceptors (Lipinski definition) is 6. The Hall–Kier alpha value is -4.95. The summed E-state index contributed by atoms with van der Waals surface area (Å²) in [6.07, 6.45) is -0.569. The van der Waals surface area contributed by atoms with Crippen LogP contribution in [0.3, 0.4) is 0 Å². The van der Waals surface area contributed by atoms with E-state index in [0.29, 0.717) is 11.4 Å². The first-order valence-electron chi connectivity index (χ1n) is 17.2. The zero-order chi connectivity index (χ0) is 38.0. The van der Waals surface area contributed by atoms with Crippen molar-refractivity contribution in [3.05, 3.63) is 82.4 Å². The van der Waals surface area contributed by atoms with Crippen LogP contribution in [0, 0.1) is 26.7 Å². The fraction of sp³-hybridized carbons (Fsp3) is 0.421. The van der Waals surface area contributed by atoms with E-state index in [1.807, 2.05) is 51.1 Å². The van der Waals surface area contributed by atoms with Gasteiger partial charge in [-0.05, 0) is 79.5 Å². The molecule has 2 aliphatic rings. The molecule has 1 aliphatic carbocycles. The summed E-state index contributed by atoms with van der Waals surface area (Å²) < 4.78 is 37.2. The number of benzene rings is 3. The molecular formula is C38H45F3N4O7. The first kappa shape index (κ1) is 39.8. The van der Waals surface area contributed by atoms with Crippen LogP contribution in [0.4, 0.5) is 29.3 Å². The van der Waals surface area contributed by atoms with E-state index >= 15 is 0 Å². The van der Waals surface area contributed by atoms with Crippen LogP contribution < -0.4 is 16.0 Å². The number of ether oxygens (including phenoxy) is 1. The SMILES string of the molecule is Cc1cc(C)c(NC(=O)Nc2cc(-c3ccc(CN4CCOCC4)cc3)ccc2C(=O)N[C@H](C(=O)O)C2CCCCC2)c(C)c1.O=C(O)C(F)(F)F. The number of carbonyl (C=O) groups is 4. The van der Waals surface area contributed by atoms with E-state index in [1.54, 1.807) is 12.1 Å². The van der Waals surface area contributed by atoms with Crippen LogP contribution in [0.5, 0.6) is 0 Å². The quantitative estimate of drug-likeness (QED) is 0.156. The maximum atomic E-state index is 13.6. The summed E-state index contributed by atoms with van der Waals surface area (Å²) in [6, 6.07) is 16.1. The molecule has 5 N–H and O–H groups in total. The Morgan fingerprint density at radius 1 is 0.846 bits per heavy atom. The van der Waals surface area contributed by atoms with Crippen molar-refractivity contribution in [2.24, 2.45) is 5.92 Å². The van der Waals surface area contributed by atoms with Crippen molar-refractivity contribution in [3.8, 4) is 11.1 Å². The zero-order valence-corrected chi connectivity index (χ0v) is 29.4. The molecule has 11 nitrogen and oxygen atoms in total. The first-order valence-corrected chi connectivity index (χ1v) is 17.2. The Kier molecular flexibility index (Phi) is 13.8. The number of carbonyl (C=O) groups excluding carboxylic acids is 2. The smallest absolute Gasteiger partial charge is 0.480 e. The molecule has 1 aliphatic heterocycles. The number of amides is 3. The maximum Gasteiger partial charge on any atom is 0.490 e. The number of hydrogen-bond donors (Lipinski definition) is 5. The lowest BCUT2D eigenvalue weighted by atomic mass is 9.83. The number of carboxylic acid groups (broad SMARTS) is 2. The minimum atomic E-state index is -5.08. The van der Waals surface area contributed by atoms with Crippen LogP contribution in [-0.4, -0.2) is 77.5 Å². The van der Waals surface area contributed by atoms with Crippen molar-refractivity contribution < 1.29 is 47.3 Å². The summed E-state index contributed by atoms with van der Waals surface area (Å²) >= 11 is 0. The van der Waals surface area contributed by atoms with Crippen molar-refractivity contribution in [1.29, 1.82) is 0 Å². The second kappa shape index (κ2) is 18.0. The van der Waals surface area contributed by atoms with Gasteiger partial charge in [0.25, 0.3) is 5.91 Å². The van der Waals surface area contributed by atoms with Gasteiger partial charge in [-0.2, -0.15) is 13.2 Å². The van der Waals surface area contributed by atoms with Crippen molar-refractivity contribution in [1.82, 2.24) is 10.2 Å². The lowest BCUT2D eigenvalue weighted by Crippen LogP contribution is -2.46. The van der Waals surface area contributed by atoms with Crippen LogP contribution in [0.2, 0.25) is 0 Å². The summed E-state index contributed by atoms with van der Waals surface area (Å²) in [6.45, 7) is 10.0. The number of alkyl halides is 3. The fourth-order valence-electron chi connectivity index (χ4n) is 6.56. The Bertz CT molecular complexity index is 1710. The highest BCUT2D eigenvalue weighted by Gasteiger charge is 2.38. The zero-order valence-electron chi connectivity index (χ0n) is 29.4. The Morgan fingerprint density at radius 2 is 1.42 bits per heavy atom. The minimum absolute atomic E-state index is 0.123. The standard InChI is InChI=1S/C36H44N4O5.C2HF3O2/c1-23-19-24(2)32(25(3)20-23)39-36(44)37-31-21-29(27-11-9-26(10-12-27)22-40-15-17-45-18-16-40)13-14-30(31)34(41)38-33(35(42)43)28-7-5-4-6-8-28;3-2(4,5)1(6)7/h9-14,19-21,28,33H,4-8,15-18,22H2,1-3H3,(H,38,41)(H,42,43)(H2,37,39,44);(H,6,7)/t33-;/m0./s1. The van der Waals surface area contributed by atoms with Gasteiger partial charge in [0.05, 0.1) is 24.5 Å². The van der Waals surface area contributed by atoms with Crippen LogP contribution >= 0.6 is 0 Å². The predicted octanol–water partition coefficient (Wildman–Crippen LogP) is 7.15. The Morgan fingerprint density at radius 3 is 1.98 bits per heavy atom. The van der Waals surface area contributed by atoms with Gasteiger partial charge in [-0.1, -0.05) is 67.3 Å². The molecule has 14 heteroatoms. The molecule has 1 saturated heterocycles. The summed E-state index contributed by atoms with van der Waals surface area (Å²) in [5.74, 6) is -4.45. The van der Waals surface area contributed by atoms with Crippen LogP contribution in [0.15, 0.2) is 54.6 Å². The molecule has 280 valence electrons. The molecule has 3 amide bonds. The number of halogens is 3. The highest BCUT2D eigenvalue weighted by Crippen LogP contribution is 2.30. The molecule has 0 unspecified atom stereocenters. The van der Waals surface area contributed by atoms with E-state index in [9.17, 15) is 32.7 Å². The second-order valence-electron chi connectivity index (χ2n) is 13.2. The number of aliphatic carboxylic acids is 2. The number of anilines is 2. The van der Waals surface area contributed by atoms with Gasteiger partial charge in [-0.25, -0.2) is 14.4 Å². The summed E-state index contributed by atoms with van der Waals surface area (Å²) in [5.41, 5.74) is 7.14. The second-order valence-corrected chi connectivity index (χ2v) is 13.2. The minimum Gasteiger partial charge on any atom is -0.480 e. The first-order chi connectivity index (χ1) is 24.6. The molecule has 5 rings (SSSR count). The van der Waals surface area contributed by atoms with Crippen molar-refractivity contribution in [3.63, 3.8) is 0 Å². The molecule has 1 saturated carbocycles. The van der Waals surface area contributed by atoms with Crippen molar-refractivity contribution in [2.45, 2.75) is 71.6 Å². The van der Waals surface area contributed by atoms with Crippen LogP contribution in [-0.2, 0) is 20.9 Å². The summed E-state index contributed by atoms with van der Waals surface area (Å²) in [7, 11) is 0. The number of nitrogens with zero attached hydrogens (tertiary/aromatic N) is 1. The van der Waals surface area contributed by atoms with Crippen LogP contribution in [0.1, 0.15) is 64.7 Å². The molecule has 2 fully saturated rings. The largest absolute Gasteiger partial charge is 0.490 e. The maximum absolute atomic E-state index is 13.6. The third kappa shape index (κ3) is 11.3. The summed E-state index contributed by atoms with van der Waals surface area (Å²) in [5, 5.41) is 25.7. The molecule has 0 radical (unpaired) electrons. The third-order valence-electron chi connectivity index (χ3n) is 9.14. The number of carboxylic acids is 2. The third-order valence-corrected chi connectivity index (χ3v) is 9.14. The molecule has 3 aromatic carbocycles. The molecule has 1 atom stereocenters. The molecule has 52 heavy (non-hydrogen) atoms. The van der Waals surface area contributed by atoms with Gasteiger partial charge in [-0.3, -0.25) is 9.69 Å². The molecule has 0 bridgehead atoms. The van der Waals surface area contributed by atoms with Gasteiger partial charge < -0.3 is 30.9 Å². The number of nitrogens with one attached hydrogen (secondary N) is 3. The number of aryl methyl sites for hydroxylation is 3. The molecular weight excluding hydrogens is 681 g/mol. The van der Waals surface area contributed by atoms with Crippen molar-refractivity contribution in [2.75, 3.05) is 36.9 Å². The van der Waals surface area contributed by atoms with Gasteiger partial charge in [0, 0.05) is 25.3 Å². The van der Waals surface area contributed by atoms with Gasteiger partial charge in [-0.15, -0.1) is 0 Å². The number of rotatable bonds is 9. The van der Waals surface area contributed by atoms with Gasteiger partial charge in [0.2, 0.25) is 0 Å². The highest BCUT2D eigenvalue weighted by molar-refractivity contribution is 6.08. The Balaban J connectivity index is 0.000000785. The predicted molar refractivity (Wildman–Crippen MR) is 190 cm³/mol. The molecule has 0 aromatic heterocycles. The lowest BCUT2D eigenvalue weighted by molar-refractivity contribution is -0.192. The van der Waals surface area contributed by atoms with Gasteiger partial charge >= 0.3 is 24.1 Å². The van der Waals surface area contributed by atoms with Gasteiger partial charge in [0.15, 0.2) is 0 Å². The monoisotopic (exact) mass is 726 g/mol. The molecule has 0 spiro atoms. The average molecular weight is 727 g/mol. The van der Waals surface area contributed by atoms with Crippen molar-refractivity contribution >= 4 is 35.3 Å². The van der Waals surface area contributed by atoms with E-state index < -0.39 is 36.1 Å². The van der Waals surface area contributed by atoms with E-state index in [1.165, 1.54) is 5.56 Å². The average Bonchev–Trinajstić information content (AvgIpc) is 3.09. The molecule has 1 heterocycles. The van der Waals surface area contributed by atoms with E-state index in [2.05, 4.69) is 33.0 Å². The number of morpholine rings is 1. The fourth-order valence-corrected chi connectivity index (χ4v) is 6.56. The van der Waals surface area contributed by atoms with E-state index in [-0.39, 0.29) is 11.5 Å². The normalized spacial score (nSPS) is 15.8.